The van der Waals surface area contributed by atoms with Crippen LogP contribution in [0, 0.1) is 0 Å². The van der Waals surface area contributed by atoms with Crippen molar-refractivity contribution in [3.8, 4) is 17.2 Å². The van der Waals surface area contributed by atoms with Crippen molar-refractivity contribution in [3.63, 3.8) is 0 Å². The predicted octanol–water partition coefficient (Wildman–Crippen LogP) is 3.55. The molecule has 1 aliphatic rings. The number of hydrogen-bond donors (Lipinski definition) is 1. The number of amides is 1. The van der Waals surface area contributed by atoms with Gasteiger partial charge < -0.3 is 18.6 Å². The summed E-state index contributed by atoms with van der Waals surface area (Å²) >= 11 is 3.36. The molecule has 8 nitrogen and oxygen atoms in total. The Bertz CT molecular complexity index is 1100. The van der Waals surface area contributed by atoms with E-state index in [9.17, 15) is 9.59 Å². The molecular formula is C21H15BrN2O6. The lowest BCUT2D eigenvalue weighted by molar-refractivity contribution is -0.130. The number of furan rings is 1. The first-order valence-electron chi connectivity index (χ1n) is 8.87. The Morgan fingerprint density at radius 3 is 2.77 bits per heavy atom. The number of benzene rings is 2. The van der Waals surface area contributed by atoms with Crippen molar-refractivity contribution in [1.82, 2.24) is 5.43 Å². The SMILES string of the molecule is O=C(Oc1ccc(Br)cc1/C=N/NC(=O)C1COc2ccccc2O1)c1ccco1. The Morgan fingerprint density at radius 2 is 1.97 bits per heavy atom. The Balaban J connectivity index is 1.42. The van der Waals surface area contributed by atoms with Crippen LogP contribution in [0.1, 0.15) is 16.1 Å². The fourth-order valence-electron chi connectivity index (χ4n) is 2.64. The minimum atomic E-state index is -0.837. The van der Waals surface area contributed by atoms with Crippen LogP contribution in [0.3, 0.4) is 0 Å². The summed E-state index contributed by atoms with van der Waals surface area (Å²) in [5, 5.41) is 3.95. The van der Waals surface area contributed by atoms with Gasteiger partial charge in [-0.05, 0) is 42.5 Å². The van der Waals surface area contributed by atoms with Gasteiger partial charge in [0.25, 0.3) is 5.91 Å². The molecule has 0 saturated carbocycles. The van der Waals surface area contributed by atoms with Crippen molar-refractivity contribution in [2.24, 2.45) is 5.10 Å². The molecule has 1 atom stereocenters. The van der Waals surface area contributed by atoms with Gasteiger partial charge in [0.1, 0.15) is 12.4 Å². The molecule has 3 aromatic rings. The van der Waals surface area contributed by atoms with E-state index in [1.54, 1.807) is 42.5 Å². The van der Waals surface area contributed by atoms with Gasteiger partial charge >= 0.3 is 5.97 Å². The van der Waals surface area contributed by atoms with E-state index in [-0.39, 0.29) is 18.1 Å². The monoisotopic (exact) mass is 470 g/mol. The standard InChI is InChI=1S/C21H15BrN2O6/c22-14-7-8-15(30-21(26)18-6-3-9-27-18)13(10-14)11-23-24-20(25)19-12-28-16-4-1-2-5-17(16)29-19/h1-11,19H,12H2,(H,24,25)/b23-11+. The number of rotatable bonds is 5. The molecule has 30 heavy (non-hydrogen) atoms. The highest BCUT2D eigenvalue weighted by Gasteiger charge is 2.27. The minimum Gasteiger partial charge on any atom is -0.485 e. The largest absolute Gasteiger partial charge is 0.485 e. The molecule has 1 unspecified atom stereocenters. The molecule has 0 radical (unpaired) electrons. The zero-order chi connectivity index (χ0) is 20.9. The smallest absolute Gasteiger partial charge is 0.379 e. The Morgan fingerprint density at radius 1 is 1.13 bits per heavy atom. The predicted molar refractivity (Wildman–Crippen MR) is 110 cm³/mol. The number of carbonyl (C=O) groups excluding carboxylic acids is 2. The van der Waals surface area contributed by atoms with E-state index in [0.717, 1.165) is 4.47 Å². The molecule has 2 heterocycles. The fraction of sp³-hybridized carbons (Fsp3) is 0.0952. The van der Waals surface area contributed by atoms with E-state index in [4.69, 9.17) is 18.6 Å². The van der Waals surface area contributed by atoms with Gasteiger partial charge in [-0.25, -0.2) is 10.2 Å². The van der Waals surface area contributed by atoms with Crippen LogP contribution < -0.4 is 19.6 Å². The maximum absolute atomic E-state index is 12.3. The number of fused-ring (bicyclic) bond motifs is 1. The maximum atomic E-state index is 12.3. The quantitative estimate of drug-likeness (QED) is 0.265. The van der Waals surface area contributed by atoms with E-state index < -0.39 is 18.0 Å². The Kier molecular flexibility index (Phi) is 5.80. The third-order valence-electron chi connectivity index (χ3n) is 4.08. The maximum Gasteiger partial charge on any atom is 0.379 e. The van der Waals surface area contributed by atoms with Crippen LogP contribution >= 0.6 is 15.9 Å². The van der Waals surface area contributed by atoms with Gasteiger partial charge in [-0.15, -0.1) is 0 Å². The van der Waals surface area contributed by atoms with Gasteiger partial charge in [0.2, 0.25) is 11.9 Å². The van der Waals surface area contributed by atoms with Crippen molar-refractivity contribution in [3.05, 3.63) is 76.7 Å². The first-order valence-corrected chi connectivity index (χ1v) is 9.66. The van der Waals surface area contributed by atoms with Gasteiger partial charge in [0.05, 0.1) is 12.5 Å². The lowest BCUT2D eigenvalue weighted by Gasteiger charge is -2.24. The number of carbonyl (C=O) groups is 2. The number of esters is 1. The summed E-state index contributed by atoms with van der Waals surface area (Å²) in [6, 6.07) is 15.2. The Labute approximate surface area is 179 Å². The summed E-state index contributed by atoms with van der Waals surface area (Å²) in [6.07, 6.45) is 1.91. The van der Waals surface area contributed by atoms with E-state index >= 15 is 0 Å². The number of halogens is 1. The van der Waals surface area contributed by atoms with Gasteiger partial charge in [-0.3, -0.25) is 4.79 Å². The minimum absolute atomic E-state index is 0.0707. The molecule has 9 heteroatoms. The number of hydrazone groups is 1. The van der Waals surface area contributed by atoms with Crippen LogP contribution in [0.4, 0.5) is 0 Å². The van der Waals surface area contributed by atoms with Crippen LogP contribution in [-0.4, -0.2) is 30.8 Å². The molecule has 0 saturated heterocycles. The average Bonchev–Trinajstić information content (AvgIpc) is 3.30. The van der Waals surface area contributed by atoms with E-state index in [1.165, 1.54) is 18.5 Å². The van der Waals surface area contributed by atoms with Gasteiger partial charge in [-0.1, -0.05) is 28.1 Å². The highest BCUT2D eigenvalue weighted by atomic mass is 79.9. The molecule has 0 spiro atoms. The summed E-state index contributed by atoms with van der Waals surface area (Å²) in [6.45, 7) is 0.0707. The summed E-state index contributed by atoms with van der Waals surface area (Å²) < 4.78 is 22.3. The lowest BCUT2D eigenvalue weighted by Crippen LogP contribution is -2.42. The molecule has 1 aromatic heterocycles. The van der Waals surface area contributed by atoms with Gasteiger partial charge in [-0.2, -0.15) is 5.10 Å². The molecular weight excluding hydrogens is 456 g/mol. The zero-order valence-corrected chi connectivity index (χ0v) is 17.0. The number of nitrogens with zero attached hydrogens (tertiary/aromatic N) is 1. The van der Waals surface area contributed by atoms with Crippen LogP contribution in [0.15, 0.2) is 74.9 Å². The zero-order valence-electron chi connectivity index (χ0n) is 15.4. The van der Waals surface area contributed by atoms with Gasteiger partial charge in [0, 0.05) is 10.0 Å². The molecule has 1 amide bonds. The van der Waals surface area contributed by atoms with Crippen LogP contribution in [-0.2, 0) is 4.79 Å². The Hall–Kier alpha value is -3.59. The van der Waals surface area contributed by atoms with Crippen molar-refractivity contribution < 1.29 is 28.2 Å². The van der Waals surface area contributed by atoms with Crippen molar-refractivity contribution in [1.29, 1.82) is 0 Å². The summed E-state index contributed by atoms with van der Waals surface area (Å²) in [7, 11) is 0. The average molecular weight is 471 g/mol. The second kappa shape index (κ2) is 8.83. The van der Waals surface area contributed by atoms with Crippen LogP contribution in [0.5, 0.6) is 17.2 Å². The second-order valence-corrected chi connectivity index (χ2v) is 7.06. The summed E-state index contributed by atoms with van der Waals surface area (Å²) in [5.74, 6) is 0.291. The topological polar surface area (TPSA) is 99.4 Å². The number of nitrogens with one attached hydrogen (secondary N) is 1. The second-order valence-electron chi connectivity index (χ2n) is 6.15. The van der Waals surface area contributed by atoms with Crippen LogP contribution in [0.2, 0.25) is 0 Å². The number of hydrogen-bond acceptors (Lipinski definition) is 7. The molecule has 1 aliphatic heterocycles. The number of ether oxygens (including phenoxy) is 3. The van der Waals surface area contributed by atoms with E-state index in [1.807, 2.05) is 6.07 Å². The summed E-state index contributed by atoms with van der Waals surface area (Å²) in [4.78, 5) is 24.5. The van der Waals surface area contributed by atoms with Gasteiger partial charge in [0.15, 0.2) is 11.5 Å². The van der Waals surface area contributed by atoms with E-state index in [2.05, 4.69) is 26.5 Å². The molecule has 1 N–H and O–H groups in total. The highest BCUT2D eigenvalue weighted by Crippen LogP contribution is 2.30. The third kappa shape index (κ3) is 4.52. The summed E-state index contributed by atoms with van der Waals surface area (Å²) in [5.41, 5.74) is 2.88. The number of para-hydroxylation sites is 2. The molecule has 2 aromatic carbocycles. The first-order chi connectivity index (χ1) is 14.6. The highest BCUT2D eigenvalue weighted by molar-refractivity contribution is 9.10. The molecule has 0 bridgehead atoms. The van der Waals surface area contributed by atoms with E-state index in [0.29, 0.717) is 17.1 Å². The van der Waals surface area contributed by atoms with Crippen molar-refractivity contribution in [2.75, 3.05) is 6.61 Å². The van der Waals surface area contributed by atoms with Crippen molar-refractivity contribution >= 4 is 34.0 Å². The normalized spacial score (nSPS) is 15.0. The lowest BCUT2D eigenvalue weighted by atomic mass is 10.2. The fourth-order valence-corrected chi connectivity index (χ4v) is 3.02. The molecule has 4 rings (SSSR count). The third-order valence-corrected chi connectivity index (χ3v) is 4.57. The van der Waals surface area contributed by atoms with Crippen LogP contribution in [0.25, 0.3) is 0 Å². The molecule has 0 aliphatic carbocycles. The van der Waals surface area contributed by atoms with Crippen molar-refractivity contribution in [2.45, 2.75) is 6.10 Å². The molecule has 152 valence electrons. The molecule has 0 fully saturated rings. The first kappa shape index (κ1) is 19.7.